The summed E-state index contributed by atoms with van der Waals surface area (Å²) in [5.74, 6) is 0. The number of ether oxygens (including phenoxy) is 1. The zero-order chi connectivity index (χ0) is 13.6. The lowest BCUT2D eigenvalue weighted by Gasteiger charge is -2.35. The Kier molecular flexibility index (Phi) is 6.11. The fourth-order valence-electron chi connectivity index (χ4n) is 3.33. The minimum Gasteiger partial charge on any atom is -0.380 e. The Morgan fingerprint density at radius 2 is 1.95 bits per heavy atom. The summed E-state index contributed by atoms with van der Waals surface area (Å²) in [5.41, 5.74) is 0.546. The average molecular weight is 268 g/mol. The van der Waals surface area contributed by atoms with Crippen molar-refractivity contribution in [3.63, 3.8) is 0 Å². The maximum atomic E-state index is 5.51. The smallest absolute Gasteiger partial charge is 0.0593 e. The maximum Gasteiger partial charge on any atom is 0.0593 e. The molecule has 0 heterocycles. The molecule has 0 aromatic heterocycles. The maximum absolute atomic E-state index is 5.51. The normalized spacial score (nSPS) is 22.3. The minimum atomic E-state index is 0.546. The van der Waals surface area contributed by atoms with Gasteiger partial charge in [-0.05, 0) is 44.6 Å². The Morgan fingerprint density at radius 1 is 1.21 bits per heavy atom. The summed E-state index contributed by atoms with van der Waals surface area (Å²) < 4.78 is 5.51. The molecule has 0 bridgehead atoms. The standard InChI is InChI=1S/C16H32N2O/c1-3-18(11-12-19-4-2)14-16(9-5-6-10-16)13-17-15-7-8-15/h15,17H,3-14H2,1-2H3. The highest BCUT2D eigenvalue weighted by Crippen LogP contribution is 2.39. The van der Waals surface area contributed by atoms with E-state index in [-0.39, 0.29) is 0 Å². The van der Waals surface area contributed by atoms with Crippen molar-refractivity contribution >= 4 is 0 Å². The van der Waals surface area contributed by atoms with Crippen molar-refractivity contribution in [3.8, 4) is 0 Å². The van der Waals surface area contributed by atoms with Crippen LogP contribution in [0, 0.1) is 5.41 Å². The van der Waals surface area contributed by atoms with Gasteiger partial charge in [-0.3, -0.25) is 0 Å². The van der Waals surface area contributed by atoms with Gasteiger partial charge >= 0.3 is 0 Å². The summed E-state index contributed by atoms with van der Waals surface area (Å²) in [6.07, 6.45) is 8.48. The van der Waals surface area contributed by atoms with Crippen LogP contribution in [0.5, 0.6) is 0 Å². The molecule has 0 radical (unpaired) electrons. The zero-order valence-corrected chi connectivity index (χ0v) is 12.9. The predicted molar refractivity (Wildman–Crippen MR) is 80.5 cm³/mol. The van der Waals surface area contributed by atoms with Crippen LogP contribution in [0.3, 0.4) is 0 Å². The van der Waals surface area contributed by atoms with E-state index in [2.05, 4.69) is 24.1 Å². The van der Waals surface area contributed by atoms with Crippen molar-refractivity contribution in [1.82, 2.24) is 10.2 Å². The Labute approximate surface area is 119 Å². The molecule has 3 nitrogen and oxygen atoms in total. The number of hydrogen-bond donors (Lipinski definition) is 1. The molecule has 2 aliphatic rings. The monoisotopic (exact) mass is 268 g/mol. The molecule has 0 amide bonds. The molecule has 0 aromatic carbocycles. The van der Waals surface area contributed by atoms with Gasteiger partial charge < -0.3 is 15.0 Å². The minimum absolute atomic E-state index is 0.546. The molecule has 19 heavy (non-hydrogen) atoms. The summed E-state index contributed by atoms with van der Waals surface area (Å²) in [5, 5.41) is 3.78. The molecule has 0 aromatic rings. The van der Waals surface area contributed by atoms with Gasteiger partial charge in [0, 0.05) is 32.3 Å². The molecule has 2 aliphatic carbocycles. The Hall–Kier alpha value is -0.120. The molecule has 0 unspecified atom stereocenters. The highest BCUT2D eigenvalue weighted by Gasteiger charge is 2.36. The third-order valence-electron chi connectivity index (χ3n) is 4.77. The van der Waals surface area contributed by atoms with E-state index in [1.807, 2.05) is 0 Å². The largest absolute Gasteiger partial charge is 0.380 e. The second-order valence-corrected chi connectivity index (χ2v) is 6.43. The SMILES string of the molecule is CCOCCN(CC)CC1(CNC2CC2)CCCC1. The lowest BCUT2D eigenvalue weighted by Crippen LogP contribution is -2.44. The molecule has 0 spiro atoms. The molecular weight excluding hydrogens is 236 g/mol. The Morgan fingerprint density at radius 3 is 2.53 bits per heavy atom. The second kappa shape index (κ2) is 7.61. The van der Waals surface area contributed by atoms with E-state index in [0.717, 1.165) is 32.3 Å². The summed E-state index contributed by atoms with van der Waals surface area (Å²) in [4.78, 5) is 2.59. The molecule has 2 rings (SSSR count). The quantitative estimate of drug-likeness (QED) is 0.617. The van der Waals surface area contributed by atoms with Crippen LogP contribution < -0.4 is 5.32 Å². The van der Waals surface area contributed by atoms with E-state index in [9.17, 15) is 0 Å². The Balaban J connectivity index is 1.78. The molecule has 2 fully saturated rings. The molecule has 0 saturated heterocycles. The first-order valence-corrected chi connectivity index (χ1v) is 8.31. The van der Waals surface area contributed by atoms with Gasteiger partial charge in [-0.15, -0.1) is 0 Å². The van der Waals surface area contributed by atoms with Crippen molar-refractivity contribution in [2.24, 2.45) is 5.41 Å². The van der Waals surface area contributed by atoms with E-state index in [1.165, 1.54) is 51.6 Å². The van der Waals surface area contributed by atoms with Gasteiger partial charge in [0.1, 0.15) is 0 Å². The first kappa shape index (κ1) is 15.3. The first-order chi connectivity index (χ1) is 9.28. The number of likely N-dealkylation sites (N-methyl/N-ethyl adjacent to an activating group) is 1. The summed E-state index contributed by atoms with van der Waals surface area (Å²) in [7, 11) is 0. The van der Waals surface area contributed by atoms with Gasteiger partial charge in [-0.2, -0.15) is 0 Å². The van der Waals surface area contributed by atoms with Crippen molar-refractivity contribution in [2.45, 2.75) is 58.4 Å². The molecule has 0 atom stereocenters. The lowest BCUT2D eigenvalue weighted by atomic mass is 9.85. The van der Waals surface area contributed by atoms with Crippen LogP contribution in [0.2, 0.25) is 0 Å². The van der Waals surface area contributed by atoms with Gasteiger partial charge in [-0.1, -0.05) is 19.8 Å². The van der Waals surface area contributed by atoms with Crippen LogP contribution in [-0.2, 0) is 4.74 Å². The zero-order valence-electron chi connectivity index (χ0n) is 12.9. The summed E-state index contributed by atoms with van der Waals surface area (Å²) in [6.45, 7) is 10.8. The Bertz CT molecular complexity index is 247. The molecule has 1 N–H and O–H groups in total. The fourth-order valence-corrected chi connectivity index (χ4v) is 3.33. The van der Waals surface area contributed by atoms with Gasteiger partial charge in [0.15, 0.2) is 0 Å². The van der Waals surface area contributed by atoms with Gasteiger partial charge in [0.05, 0.1) is 6.61 Å². The summed E-state index contributed by atoms with van der Waals surface area (Å²) in [6, 6.07) is 0.843. The van der Waals surface area contributed by atoms with Gasteiger partial charge in [0.25, 0.3) is 0 Å². The molecule has 112 valence electrons. The highest BCUT2D eigenvalue weighted by atomic mass is 16.5. The molecule has 2 saturated carbocycles. The van der Waals surface area contributed by atoms with Crippen LogP contribution in [0.4, 0.5) is 0 Å². The van der Waals surface area contributed by atoms with Crippen LogP contribution in [-0.4, -0.2) is 50.3 Å². The number of nitrogens with one attached hydrogen (secondary N) is 1. The molecular formula is C16H32N2O. The average Bonchev–Trinajstić information content (AvgIpc) is 3.15. The lowest BCUT2D eigenvalue weighted by molar-refractivity contribution is 0.0892. The second-order valence-electron chi connectivity index (χ2n) is 6.43. The number of rotatable bonds is 10. The summed E-state index contributed by atoms with van der Waals surface area (Å²) >= 11 is 0. The first-order valence-electron chi connectivity index (χ1n) is 8.31. The van der Waals surface area contributed by atoms with Crippen molar-refractivity contribution < 1.29 is 4.74 Å². The van der Waals surface area contributed by atoms with E-state index >= 15 is 0 Å². The van der Waals surface area contributed by atoms with Gasteiger partial charge in [0.2, 0.25) is 0 Å². The van der Waals surface area contributed by atoms with E-state index in [1.54, 1.807) is 0 Å². The molecule has 3 heteroatoms. The fraction of sp³-hybridized carbons (Fsp3) is 1.00. The number of hydrogen-bond acceptors (Lipinski definition) is 3. The van der Waals surface area contributed by atoms with Crippen molar-refractivity contribution in [3.05, 3.63) is 0 Å². The van der Waals surface area contributed by atoms with Crippen LogP contribution in [0.1, 0.15) is 52.4 Å². The highest BCUT2D eigenvalue weighted by molar-refractivity contribution is 4.92. The third kappa shape index (κ3) is 5.05. The van der Waals surface area contributed by atoms with Gasteiger partial charge in [-0.25, -0.2) is 0 Å². The van der Waals surface area contributed by atoms with E-state index in [4.69, 9.17) is 4.74 Å². The van der Waals surface area contributed by atoms with Crippen LogP contribution in [0.25, 0.3) is 0 Å². The van der Waals surface area contributed by atoms with Crippen LogP contribution in [0.15, 0.2) is 0 Å². The van der Waals surface area contributed by atoms with Crippen molar-refractivity contribution in [1.29, 1.82) is 0 Å². The third-order valence-corrected chi connectivity index (χ3v) is 4.77. The predicted octanol–water partition coefficient (Wildman–Crippen LogP) is 2.66. The van der Waals surface area contributed by atoms with E-state index in [0.29, 0.717) is 5.41 Å². The van der Waals surface area contributed by atoms with Crippen LogP contribution >= 0.6 is 0 Å². The number of nitrogens with zero attached hydrogens (tertiary/aromatic N) is 1. The van der Waals surface area contributed by atoms with Crippen molar-refractivity contribution in [2.75, 3.05) is 39.4 Å². The molecule has 0 aliphatic heterocycles. The van der Waals surface area contributed by atoms with E-state index < -0.39 is 0 Å². The topological polar surface area (TPSA) is 24.5 Å².